The fourth-order valence-electron chi connectivity index (χ4n) is 7.69. The van der Waals surface area contributed by atoms with E-state index in [4.69, 9.17) is 0 Å². The van der Waals surface area contributed by atoms with Gasteiger partial charge in [-0.2, -0.15) is 0 Å². The van der Waals surface area contributed by atoms with Crippen molar-refractivity contribution in [3.05, 3.63) is 144 Å². The van der Waals surface area contributed by atoms with E-state index in [0.29, 0.717) is 24.6 Å². The standard InChI is InChI=1S/C44H42N4O2/c1-29-23-31(43(49)41(25-29)47-37-17-9-5-13-33(37)34-14-6-10-18-38(34)47)27-45(3)21-22-46(4)28-32-24-30(2)26-42(44(32)50)48-39-19-11-7-15-35(39)36-16-8-12-20-40(36)48/h5-20,23-26,49-50H,21-22,27-28H2,1-4H3. The van der Waals surface area contributed by atoms with Crippen LogP contribution in [0.3, 0.4) is 0 Å². The first-order valence-electron chi connectivity index (χ1n) is 17.3. The number of phenols is 2. The molecule has 0 bridgehead atoms. The molecule has 0 spiro atoms. The molecule has 0 saturated heterocycles. The number of aromatic hydroxyl groups is 2. The minimum atomic E-state index is 0.310. The van der Waals surface area contributed by atoms with Gasteiger partial charge in [-0.3, -0.25) is 0 Å². The number of hydrogen-bond donors (Lipinski definition) is 2. The largest absolute Gasteiger partial charge is 0.505 e. The highest BCUT2D eigenvalue weighted by Gasteiger charge is 2.20. The number of fused-ring (bicyclic) bond motifs is 6. The highest BCUT2D eigenvalue weighted by Crippen LogP contribution is 2.39. The predicted molar refractivity (Wildman–Crippen MR) is 207 cm³/mol. The average molecular weight is 659 g/mol. The fraction of sp³-hybridized carbons (Fsp3) is 0.182. The molecule has 0 radical (unpaired) electrons. The van der Waals surface area contributed by atoms with Gasteiger partial charge in [-0.25, -0.2) is 0 Å². The maximum atomic E-state index is 11.7. The Balaban J connectivity index is 1.02. The Morgan fingerprint density at radius 2 is 0.760 bits per heavy atom. The van der Waals surface area contributed by atoms with E-state index >= 15 is 0 Å². The molecule has 8 aromatic rings. The first-order valence-corrected chi connectivity index (χ1v) is 17.3. The molecule has 0 aliphatic rings. The molecule has 0 saturated carbocycles. The van der Waals surface area contributed by atoms with Gasteiger partial charge in [0.15, 0.2) is 0 Å². The molecule has 2 N–H and O–H groups in total. The lowest BCUT2D eigenvalue weighted by atomic mass is 10.1. The van der Waals surface area contributed by atoms with Crippen LogP contribution in [0.4, 0.5) is 0 Å². The van der Waals surface area contributed by atoms with Crippen molar-refractivity contribution in [3.8, 4) is 22.9 Å². The van der Waals surface area contributed by atoms with Gasteiger partial charge >= 0.3 is 0 Å². The predicted octanol–water partition coefficient (Wildman–Crippen LogP) is 9.47. The number of nitrogens with zero attached hydrogens (tertiary/aromatic N) is 4. The molecule has 50 heavy (non-hydrogen) atoms. The second-order valence-corrected chi connectivity index (χ2v) is 13.8. The highest BCUT2D eigenvalue weighted by molar-refractivity contribution is 6.10. The molecule has 0 unspecified atom stereocenters. The van der Waals surface area contributed by atoms with Crippen LogP contribution in [0, 0.1) is 13.8 Å². The van der Waals surface area contributed by atoms with Crippen molar-refractivity contribution in [1.82, 2.24) is 18.9 Å². The van der Waals surface area contributed by atoms with Crippen LogP contribution in [-0.4, -0.2) is 56.3 Å². The van der Waals surface area contributed by atoms with E-state index in [-0.39, 0.29) is 0 Å². The summed E-state index contributed by atoms with van der Waals surface area (Å²) in [6.45, 7) is 6.99. The third-order valence-electron chi connectivity index (χ3n) is 10.0. The zero-order valence-corrected chi connectivity index (χ0v) is 29.1. The molecule has 0 aliphatic carbocycles. The molecule has 250 valence electrons. The van der Waals surface area contributed by atoms with E-state index in [0.717, 1.165) is 68.8 Å². The second kappa shape index (κ2) is 12.7. The van der Waals surface area contributed by atoms with Crippen LogP contribution < -0.4 is 0 Å². The summed E-state index contributed by atoms with van der Waals surface area (Å²) in [7, 11) is 4.19. The minimum Gasteiger partial charge on any atom is -0.505 e. The van der Waals surface area contributed by atoms with Crippen LogP contribution >= 0.6 is 0 Å². The van der Waals surface area contributed by atoms with E-state index in [1.54, 1.807) is 0 Å². The molecule has 0 fully saturated rings. The Morgan fingerprint density at radius 3 is 1.08 bits per heavy atom. The van der Waals surface area contributed by atoms with E-state index < -0.39 is 0 Å². The number of phenolic OH excluding ortho intramolecular Hbond substituents is 2. The molecule has 6 heteroatoms. The number of hydrogen-bond acceptors (Lipinski definition) is 4. The summed E-state index contributed by atoms with van der Waals surface area (Å²) in [5.74, 6) is 0.620. The molecule has 0 atom stereocenters. The lowest BCUT2D eigenvalue weighted by molar-refractivity contribution is 0.243. The van der Waals surface area contributed by atoms with Gasteiger partial charge in [0.25, 0.3) is 0 Å². The maximum absolute atomic E-state index is 11.7. The summed E-state index contributed by atoms with van der Waals surface area (Å²) < 4.78 is 4.37. The Hall–Kier alpha value is -5.56. The number of rotatable bonds is 9. The summed E-state index contributed by atoms with van der Waals surface area (Å²) in [5, 5.41) is 28.2. The highest BCUT2D eigenvalue weighted by atomic mass is 16.3. The Bertz CT molecular complexity index is 2260. The molecule has 2 aromatic heterocycles. The quantitative estimate of drug-likeness (QED) is 0.162. The minimum absolute atomic E-state index is 0.310. The molecule has 0 amide bonds. The number of likely N-dealkylation sites (N-methyl/N-ethyl adjacent to an activating group) is 2. The van der Waals surface area contributed by atoms with Gasteiger partial charge in [-0.05, 0) is 75.5 Å². The first kappa shape index (κ1) is 31.7. The smallest absolute Gasteiger partial charge is 0.144 e. The SMILES string of the molecule is Cc1cc(CN(C)CCN(C)Cc2cc(C)cc(-n3c4ccccc4c4ccccc43)c2O)c(O)c(-n2c3ccccc3c3ccccc32)c1. The molecular weight excluding hydrogens is 617 g/mol. The molecule has 6 aromatic carbocycles. The van der Waals surface area contributed by atoms with Gasteiger partial charge in [0.1, 0.15) is 11.5 Å². The topological polar surface area (TPSA) is 56.8 Å². The Labute approximate surface area is 292 Å². The second-order valence-electron chi connectivity index (χ2n) is 13.8. The Kier molecular flexibility index (Phi) is 8.06. The zero-order valence-electron chi connectivity index (χ0n) is 29.1. The normalized spacial score (nSPS) is 12.0. The van der Waals surface area contributed by atoms with Crippen molar-refractivity contribution in [3.63, 3.8) is 0 Å². The van der Waals surface area contributed by atoms with Crippen LogP contribution in [0.2, 0.25) is 0 Å². The lowest BCUT2D eigenvalue weighted by Crippen LogP contribution is -2.30. The molecule has 6 nitrogen and oxygen atoms in total. The van der Waals surface area contributed by atoms with Gasteiger partial charge in [0.2, 0.25) is 0 Å². The van der Waals surface area contributed by atoms with Crippen molar-refractivity contribution in [2.45, 2.75) is 26.9 Å². The van der Waals surface area contributed by atoms with Gasteiger partial charge in [0, 0.05) is 58.9 Å². The van der Waals surface area contributed by atoms with E-state index in [1.165, 1.54) is 21.5 Å². The fourth-order valence-corrected chi connectivity index (χ4v) is 7.69. The number of para-hydroxylation sites is 4. The third-order valence-corrected chi connectivity index (χ3v) is 10.0. The zero-order chi connectivity index (χ0) is 34.5. The summed E-state index contributed by atoms with van der Waals surface area (Å²) in [6, 6.07) is 41.9. The lowest BCUT2D eigenvalue weighted by Gasteiger charge is -2.24. The molecule has 8 rings (SSSR count). The van der Waals surface area contributed by atoms with Gasteiger partial charge < -0.3 is 29.1 Å². The average Bonchev–Trinajstić information content (AvgIpc) is 3.63. The maximum Gasteiger partial charge on any atom is 0.144 e. The Morgan fingerprint density at radius 1 is 0.460 bits per heavy atom. The van der Waals surface area contributed by atoms with Crippen molar-refractivity contribution in [1.29, 1.82) is 0 Å². The van der Waals surface area contributed by atoms with Crippen LogP contribution in [0.5, 0.6) is 11.5 Å². The summed E-state index contributed by atoms with van der Waals surface area (Å²) in [4.78, 5) is 4.50. The summed E-state index contributed by atoms with van der Waals surface area (Å²) in [5.41, 5.74) is 9.94. The molecule has 2 heterocycles. The van der Waals surface area contributed by atoms with Gasteiger partial charge in [-0.15, -0.1) is 0 Å². The van der Waals surface area contributed by atoms with Crippen molar-refractivity contribution < 1.29 is 10.2 Å². The molecular formula is C44H42N4O2. The summed E-state index contributed by atoms with van der Waals surface area (Å²) in [6.07, 6.45) is 0. The van der Waals surface area contributed by atoms with E-state index in [9.17, 15) is 10.2 Å². The van der Waals surface area contributed by atoms with Crippen molar-refractivity contribution >= 4 is 43.6 Å². The number of aryl methyl sites for hydroxylation is 2. The van der Waals surface area contributed by atoms with Crippen LogP contribution in [0.25, 0.3) is 55.0 Å². The number of benzene rings is 6. The summed E-state index contributed by atoms with van der Waals surface area (Å²) >= 11 is 0. The number of aromatic nitrogens is 2. The monoisotopic (exact) mass is 658 g/mol. The van der Waals surface area contributed by atoms with Crippen LogP contribution in [-0.2, 0) is 13.1 Å². The van der Waals surface area contributed by atoms with Crippen molar-refractivity contribution in [2.24, 2.45) is 0 Å². The van der Waals surface area contributed by atoms with Crippen LogP contribution in [0.1, 0.15) is 22.3 Å². The van der Waals surface area contributed by atoms with E-state index in [2.05, 4.69) is 168 Å². The van der Waals surface area contributed by atoms with Gasteiger partial charge in [-0.1, -0.05) is 84.9 Å². The van der Waals surface area contributed by atoms with Gasteiger partial charge in [0.05, 0.1) is 33.4 Å². The third kappa shape index (κ3) is 5.47. The van der Waals surface area contributed by atoms with E-state index in [1.807, 2.05) is 0 Å². The molecule has 0 aliphatic heterocycles. The van der Waals surface area contributed by atoms with Crippen LogP contribution in [0.15, 0.2) is 121 Å². The van der Waals surface area contributed by atoms with Crippen molar-refractivity contribution in [2.75, 3.05) is 27.2 Å². The first-order chi connectivity index (χ1) is 24.3.